The molecular formula is C11H19N3O2. The smallest absolute Gasteiger partial charge is 0.234 e. The molecule has 16 heavy (non-hydrogen) atoms. The lowest BCUT2D eigenvalue weighted by atomic mass is 9.99. The van der Waals surface area contributed by atoms with Gasteiger partial charge in [-0.2, -0.15) is 5.26 Å². The number of nitrogens with one attached hydrogen (secondary N) is 2. The monoisotopic (exact) mass is 225 g/mol. The van der Waals surface area contributed by atoms with Crippen LogP contribution in [0.5, 0.6) is 0 Å². The third kappa shape index (κ3) is 3.80. The van der Waals surface area contributed by atoms with E-state index >= 15 is 0 Å². The molecule has 0 unspecified atom stereocenters. The van der Waals surface area contributed by atoms with Crippen molar-refractivity contribution in [2.45, 2.75) is 37.6 Å². The van der Waals surface area contributed by atoms with Gasteiger partial charge in [-0.1, -0.05) is 12.8 Å². The van der Waals surface area contributed by atoms with Crippen molar-refractivity contribution >= 4 is 5.91 Å². The van der Waals surface area contributed by atoms with Gasteiger partial charge in [0.2, 0.25) is 5.91 Å². The van der Waals surface area contributed by atoms with E-state index in [2.05, 4.69) is 10.6 Å². The maximum atomic E-state index is 11.4. The lowest BCUT2D eigenvalue weighted by Crippen LogP contribution is -2.50. The molecule has 5 nitrogen and oxygen atoms in total. The number of hydrogen-bond donors (Lipinski definition) is 3. The van der Waals surface area contributed by atoms with Crippen LogP contribution in [0, 0.1) is 11.3 Å². The first kappa shape index (κ1) is 12.9. The zero-order valence-corrected chi connectivity index (χ0v) is 9.46. The van der Waals surface area contributed by atoms with E-state index in [1.807, 2.05) is 6.07 Å². The molecule has 1 fully saturated rings. The van der Waals surface area contributed by atoms with Crippen molar-refractivity contribution in [3.8, 4) is 6.07 Å². The van der Waals surface area contributed by atoms with E-state index in [-0.39, 0.29) is 24.6 Å². The van der Waals surface area contributed by atoms with Crippen LogP contribution in [0.3, 0.4) is 0 Å². The Bertz CT molecular complexity index is 267. The zero-order valence-electron chi connectivity index (χ0n) is 9.46. The number of nitriles is 1. The summed E-state index contributed by atoms with van der Waals surface area (Å²) in [5, 5.41) is 23.4. The highest BCUT2D eigenvalue weighted by Crippen LogP contribution is 2.28. The van der Waals surface area contributed by atoms with E-state index in [1.165, 1.54) is 0 Å². The van der Waals surface area contributed by atoms with Crippen LogP contribution in [0.4, 0.5) is 0 Å². The van der Waals surface area contributed by atoms with Gasteiger partial charge in [-0.15, -0.1) is 0 Å². The largest absolute Gasteiger partial charge is 0.394 e. The van der Waals surface area contributed by atoms with E-state index in [4.69, 9.17) is 5.26 Å². The van der Waals surface area contributed by atoms with Crippen molar-refractivity contribution in [1.29, 1.82) is 5.26 Å². The molecule has 0 heterocycles. The molecule has 0 saturated heterocycles. The molecule has 0 aromatic rings. The van der Waals surface area contributed by atoms with Crippen LogP contribution < -0.4 is 10.6 Å². The molecule has 0 aromatic carbocycles. The number of aliphatic hydroxyl groups excluding tert-OH is 1. The number of nitrogens with zero attached hydrogens (tertiary/aromatic N) is 1. The summed E-state index contributed by atoms with van der Waals surface area (Å²) in [5.74, 6) is -0.116. The summed E-state index contributed by atoms with van der Waals surface area (Å²) >= 11 is 0. The van der Waals surface area contributed by atoms with Crippen LogP contribution in [-0.2, 0) is 4.79 Å². The lowest BCUT2D eigenvalue weighted by molar-refractivity contribution is -0.120. The van der Waals surface area contributed by atoms with Gasteiger partial charge in [-0.05, 0) is 12.8 Å². The molecule has 1 aliphatic carbocycles. The Kier molecular flexibility index (Phi) is 5.23. The highest BCUT2D eigenvalue weighted by molar-refractivity contribution is 5.78. The fourth-order valence-corrected chi connectivity index (χ4v) is 2.03. The lowest BCUT2D eigenvalue weighted by Gasteiger charge is -2.27. The second-order valence-corrected chi connectivity index (χ2v) is 4.26. The number of carbonyl (C=O) groups excluding carboxylic acids is 1. The molecule has 0 atom stereocenters. The minimum absolute atomic E-state index is 0.0818. The summed E-state index contributed by atoms with van der Waals surface area (Å²) in [6.45, 7) is 0.688. The zero-order chi connectivity index (χ0) is 11.9. The second-order valence-electron chi connectivity index (χ2n) is 4.26. The molecule has 0 spiro atoms. The van der Waals surface area contributed by atoms with Crippen LogP contribution in [0.25, 0.3) is 0 Å². The topological polar surface area (TPSA) is 85.2 Å². The van der Waals surface area contributed by atoms with E-state index in [0.29, 0.717) is 13.0 Å². The number of amides is 1. The summed E-state index contributed by atoms with van der Waals surface area (Å²) < 4.78 is 0. The Labute approximate surface area is 95.8 Å². The van der Waals surface area contributed by atoms with Gasteiger partial charge < -0.3 is 15.7 Å². The summed E-state index contributed by atoms with van der Waals surface area (Å²) in [5.41, 5.74) is -0.257. The van der Waals surface area contributed by atoms with Crippen molar-refractivity contribution in [2.24, 2.45) is 0 Å². The molecule has 5 heteroatoms. The molecule has 1 rings (SSSR count). The Morgan fingerprint density at radius 2 is 2.12 bits per heavy atom. The van der Waals surface area contributed by atoms with Gasteiger partial charge in [0, 0.05) is 12.1 Å². The van der Waals surface area contributed by atoms with Crippen molar-refractivity contribution in [3.63, 3.8) is 0 Å². The molecule has 1 saturated carbocycles. The van der Waals surface area contributed by atoms with Gasteiger partial charge in [0.1, 0.15) is 0 Å². The van der Waals surface area contributed by atoms with Crippen molar-refractivity contribution in [3.05, 3.63) is 0 Å². The van der Waals surface area contributed by atoms with E-state index in [1.54, 1.807) is 0 Å². The number of aliphatic hydroxyl groups is 1. The highest BCUT2D eigenvalue weighted by Gasteiger charge is 2.32. The molecule has 1 amide bonds. The number of carbonyl (C=O) groups is 1. The fraction of sp³-hybridized carbons (Fsp3) is 0.818. The first-order chi connectivity index (χ1) is 7.72. The molecular weight excluding hydrogens is 206 g/mol. The first-order valence-corrected chi connectivity index (χ1v) is 5.72. The summed E-state index contributed by atoms with van der Waals surface area (Å²) in [6.07, 6.45) is 4.38. The van der Waals surface area contributed by atoms with Gasteiger partial charge in [0.05, 0.1) is 25.6 Å². The van der Waals surface area contributed by atoms with Crippen LogP contribution >= 0.6 is 0 Å². The number of rotatable bonds is 6. The molecule has 0 aliphatic heterocycles. The fourth-order valence-electron chi connectivity index (χ4n) is 2.03. The molecule has 1 aliphatic rings. The van der Waals surface area contributed by atoms with Crippen LogP contribution in [0.15, 0.2) is 0 Å². The van der Waals surface area contributed by atoms with Crippen LogP contribution in [0.1, 0.15) is 32.1 Å². The first-order valence-electron chi connectivity index (χ1n) is 5.72. The van der Waals surface area contributed by atoms with E-state index in [0.717, 1.165) is 25.7 Å². The molecule has 90 valence electrons. The maximum Gasteiger partial charge on any atom is 0.234 e. The van der Waals surface area contributed by atoms with Gasteiger partial charge in [0.15, 0.2) is 0 Å². The summed E-state index contributed by atoms with van der Waals surface area (Å²) in [4.78, 5) is 11.4. The van der Waals surface area contributed by atoms with Crippen molar-refractivity contribution in [2.75, 3.05) is 19.7 Å². The Morgan fingerprint density at radius 3 is 2.69 bits per heavy atom. The molecule has 0 bridgehead atoms. The van der Waals surface area contributed by atoms with E-state index < -0.39 is 0 Å². The second kappa shape index (κ2) is 6.46. The average molecular weight is 225 g/mol. The average Bonchev–Trinajstić information content (AvgIpc) is 2.76. The standard InChI is InChI=1S/C11H19N3O2/c12-6-3-7-13-10(16)8-14-11(9-15)4-1-2-5-11/h14-15H,1-5,7-9H2,(H,13,16). The van der Waals surface area contributed by atoms with Crippen LogP contribution in [0.2, 0.25) is 0 Å². The predicted molar refractivity (Wildman–Crippen MR) is 59.5 cm³/mol. The third-order valence-corrected chi connectivity index (χ3v) is 3.05. The normalized spacial score (nSPS) is 18.0. The molecule has 0 radical (unpaired) electrons. The SMILES string of the molecule is N#CCCNC(=O)CNC1(CO)CCCC1. The summed E-state index contributed by atoms with van der Waals surface area (Å²) in [7, 11) is 0. The number of hydrogen-bond acceptors (Lipinski definition) is 4. The Hall–Kier alpha value is -1.12. The quantitative estimate of drug-likeness (QED) is 0.552. The Balaban J connectivity index is 2.22. The molecule has 0 aromatic heterocycles. The van der Waals surface area contributed by atoms with Gasteiger partial charge >= 0.3 is 0 Å². The van der Waals surface area contributed by atoms with Gasteiger partial charge in [0.25, 0.3) is 0 Å². The maximum absolute atomic E-state index is 11.4. The van der Waals surface area contributed by atoms with Gasteiger partial charge in [-0.25, -0.2) is 0 Å². The minimum atomic E-state index is -0.257. The van der Waals surface area contributed by atoms with Gasteiger partial charge in [-0.3, -0.25) is 4.79 Å². The summed E-state index contributed by atoms with van der Waals surface area (Å²) in [6, 6.07) is 1.96. The van der Waals surface area contributed by atoms with Crippen LogP contribution in [-0.4, -0.2) is 36.2 Å². The highest BCUT2D eigenvalue weighted by atomic mass is 16.3. The minimum Gasteiger partial charge on any atom is -0.394 e. The van der Waals surface area contributed by atoms with E-state index in [9.17, 15) is 9.90 Å². The Morgan fingerprint density at radius 1 is 1.44 bits per heavy atom. The third-order valence-electron chi connectivity index (χ3n) is 3.05. The predicted octanol–water partition coefficient (Wildman–Crippen LogP) is -0.0890. The van der Waals surface area contributed by atoms with Crippen molar-refractivity contribution in [1.82, 2.24) is 10.6 Å². The van der Waals surface area contributed by atoms with Crippen molar-refractivity contribution < 1.29 is 9.90 Å². The molecule has 3 N–H and O–H groups in total.